The number of carboxylic acids is 1. The van der Waals surface area contributed by atoms with Gasteiger partial charge in [-0.15, -0.1) is 11.3 Å². The maximum atomic E-state index is 13.1. The molecule has 0 radical (unpaired) electrons. The minimum Gasteiger partial charge on any atom is -1.00 e. The van der Waals surface area contributed by atoms with Gasteiger partial charge >= 0.3 is 35.5 Å². The van der Waals surface area contributed by atoms with E-state index in [2.05, 4.69) is 9.98 Å². The van der Waals surface area contributed by atoms with Gasteiger partial charge in [0.25, 0.3) is 0 Å². The van der Waals surface area contributed by atoms with Crippen molar-refractivity contribution in [3.63, 3.8) is 0 Å². The van der Waals surface area contributed by atoms with E-state index in [1.807, 2.05) is 5.38 Å². The molecule has 2 heterocycles. The summed E-state index contributed by atoms with van der Waals surface area (Å²) in [6, 6.07) is 7.62. The summed E-state index contributed by atoms with van der Waals surface area (Å²) in [7, 11) is 0. The maximum absolute atomic E-state index is 13.1. The number of hydrogen-bond acceptors (Lipinski definition) is 5. The van der Waals surface area contributed by atoms with E-state index in [-0.39, 0.29) is 48.6 Å². The molecule has 0 spiro atoms. The first-order valence-electron chi connectivity index (χ1n) is 7.08. The fourth-order valence-corrected chi connectivity index (χ4v) is 2.92. The molecule has 3 aromatic rings. The van der Waals surface area contributed by atoms with Gasteiger partial charge in [-0.1, -0.05) is 6.07 Å². The number of aliphatic carboxylic acids is 1. The van der Waals surface area contributed by atoms with Crippen molar-refractivity contribution in [3.05, 3.63) is 53.4 Å². The molecule has 0 amide bonds. The topological polar surface area (TPSA) is 128 Å². The van der Waals surface area contributed by atoms with Crippen LogP contribution in [0.25, 0.3) is 22.0 Å². The Morgan fingerprint density at radius 3 is 2.54 bits per heavy atom. The van der Waals surface area contributed by atoms with Gasteiger partial charge in [0.05, 0.1) is 4.88 Å². The van der Waals surface area contributed by atoms with Gasteiger partial charge in [0.2, 0.25) is 11.9 Å². The minimum absolute atomic E-state index is 0. The first-order chi connectivity index (χ1) is 12.0. The molecule has 1 unspecified atom stereocenters. The van der Waals surface area contributed by atoms with E-state index < -0.39 is 17.8 Å². The summed E-state index contributed by atoms with van der Waals surface area (Å²) in [5.41, 5.74) is 11.5. The van der Waals surface area contributed by atoms with Gasteiger partial charge in [-0.05, 0) is 35.7 Å². The molecule has 0 fully saturated rings. The van der Waals surface area contributed by atoms with E-state index in [4.69, 9.17) is 15.9 Å². The molecular weight excluding hydrogens is 370 g/mol. The molecule has 26 heavy (non-hydrogen) atoms. The van der Waals surface area contributed by atoms with Crippen LogP contribution in [0.15, 0.2) is 51.2 Å². The zero-order valence-electron chi connectivity index (χ0n) is 14.7. The van der Waals surface area contributed by atoms with E-state index in [0.717, 1.165) is 0 Å². The number of nitrogens with zero attached hydrogens (tertiary/aromatic N) is 2. The third-order valence-corrected chi connectivity index (χ3v) is 4.14. The number of benzene rings is 1. The summed E-state index contributed by atoms with van der Waals surface area (Å²) in [4.78, 5) is 20.4. The molecule has 0 aliphatic carbocycles. The predicted molar refractivity (Wildman–Crippen MR) is 92.5 cm³/mol. The Balaban J connectivity index is 0.00000182. The Kier molecular flexibility index (Phi) is 6.54. The molecule has 0 bridgehead atoms. The van der Waals surface area contributed by atoms with Crippen LogP contribution >= 0.6 is 11.3 Å². The van der Waals surface area contributed by atoms with Crippen LogP contribution in [0.2, 0.25) is 0 Å². The molecule has 130 valence electrons. The number of rotatable bonds is 5. The van der Waals surface area contributed by atoms with Gasteiger partial charge in [-0.2, -0.15) is 0 Å². The molecule has 3 rings (SSSR count). The Morgan fingerprint density at radius 2 is 2.00 bits per heavy atom. The number of nitrogens with two attached hydrogens (primary N) is 2. The second kappa shape index (κ2) is 8.45. The first kappa shape index (κ1) is 20.1. The largest absolute Gasteiger partial charge is 1.00 e. The summed E-state index contributed by atoms with van der Waals surface area (Å²) in [6.45, 7) is 0. The van der Waals surface area contributed by atoms with Crippen LogP contribution in [0.3, 0.4) is 0 Å². The average Bonchev–Trinajstić information content (AvgIpc) is 3.22. The number of halogens is 1. The number of aliphatic imine (C=N–C) groups is 1. The maximum Gasteiger partial charge on any atom is 1.00 e. The number of carboxylic acid groups (broad SMARTS) is 1. The van der Waals surface area contributed by atoms with Gasteiger partial charge in [-0.25, -0.2) is 19.2 Å². The van der Waals surface area contributed by atoms with E-state index in [1.54, 1.807) is 12.1 Å². The first-order valence-corrected chi connectivity index (χ1v) is 7.95. The zero-order valence-corrected chi connectivity index (χ0v) is 16.5. The number of carbonyl (C=O) groups is 1. The van der Waals surface area contributed by atoms with E-state index in [9.17, 15) is 14.3 Å². The second-order valence-corrected chi connectivity index (χ2v) is 5.96. The Bertz CT molecular complexity index is 928. The SMILES string of the molecule is NC(N)=NC(C(=O)O)c1oc(-c2ccc(F)cc2)nc1-c1cccs1.[H-].[Na+]. The molecule has 0 aliphatic rings. The van der Waals surface area contributed by atoms with Gasteiger partial charge < -0.3 is 22.4 Å². The van der Waals surface area contributed by atoms with Crippen LogP contribution in [0, 0.1) is 5.82 Å². The molecule has 0 saturated carbocycles. The van der Waals surface area contributed by atoms with Gasteiger partial charge in [0, 0.05) is 5.56 Å². The van der Waals surface area contributed by atoms with Crippen LogP contribution in [-0.4, -0.2) is 22.0 Å². The molecule has 2 aromatic heterocycles. The van der Waals surface area contributed by atoms with Crippen LogP contribution < -0.4 is 41.0 Å². The monoisotopic (exact) mass is 384 g/mol. The predicted octanol–water partition coefficient (Wildman–Crippen LogP) is -0.275. The zero-order chi connectivity index (χ0) is 18.0. The Morgan fingerprint density at radius 1 is 1.31 bits per heavy atom. The van der Waals surface area contributed by atoms with Crippen LogP contribution in [0.4, 0.5) is 4.39 Å². The summed E-state index contributed by atoms with van der Waals surface area (Å²) >= 11 is 1.36. The molecule has 0 aliphatic heterocycles. The van der Waals surface area contributed by atoms with Crippen molar-refractivity contribution < 1.29 is 49.7 Å². The van der Waals surface area contributed by atoms with E-state index in [0.29, 0.717) is 16.1 Å². The van der Waals surface area contributed by atoms with Gasteiger partial charge in [-0.3, -0.25) is 0 Å². The van der Waals surface area contributed by atoms with Crippen LogP contribution in [0.1, 0.15) is 13.2 Å². The molecule has 1 atom stereocenters. The summed E-state index contributed by atoms with van der Waals surface area (Å²) in [5, 5.41) is 11.3. The number of guanidine groups is 1. The fraction of sp³-hybridized carbons (Fsp3) is 0.0625. The second-order valence-electron chi connectivity index (χ2n) is 5.01. The molecule has 10 heteroatoms. The molecule has 1 aromatic carbocycles. The minimum atomic E-state index is -1.44. The standard InChI is InChI=1S/C16H13FN4O3S.Na.H/c17-9-5-3-8(4-6-9)14-20-11(10-2-1-7-25-10)13(24-14)12(15(22)23)21-16(18)19;;/h1-7,12H,(H,22,23)(H4,18,19,21);;/q;+1;-1. The van der Waals surface area contributed by atoms with Crippen molar-refractivity contribution in [2.24, 2.45) is 16.5 Å². The Hall–Kier alpha value is -2.20. The van der Waals surface area contributed by atoms with Crippen molar-refractivity contribution in [2.45, 2.75) is 6.04 Å². The Labute approximate surface area is 175 Å². The summed E-state index contributed by atoms with van der Waals surface area (Å²) in [5.74, 6) is -1.92. The van der Waals surface area contributed by atoms with Crippen LogP contribution in [0.5, 0.6) is 0 Å². The van der Waals surface area contributed by atoms with E-state index in [1.165, 1.54) is 35.6 Å². The normalized spacial score (nSPS) is 11.4. The fourth-order valence-electron chi connectivity index (χ4n) is 2.20. The third kappa shape index (κ3) is 4.31. The van der Waals surface area contributed by atoms with Crippen molar-refractivity contribution in [2.75, 3.05) is 0 Å². The molecule has 0 saturated heterocycles. The molecular formula is C16H14FN4NaO3S. The van der Waals surface area contributed by atoms with E-state index >= 15 is 0 Å². The van der Waals surface area contributed by atoms with Crippen molar-refractivity contribution in [1.29, 1.82) is 0 Å². The molecule has 5 N–H and O–H groups in total. The molecule has 7 nitrogen and oxygen atoms in total. The number of hydrogen-bond donors (Lipinski definition) is 3. The summed E-state index contributed by atoms with van der Waals surface area (Å²) < 4.78 is 18.8. The third-order valence-electron chi connectivity index (χ3n) is 3.26. The van der Waals surface area contributed by atoms with Crippen molar-refractivity contribution in [1.82, 2.24) is 4.98 Å². The number of oxazole rings is 1. The van der Waals surface area contributed by atoms with Crippen molar-refractivity contribution >= 4 is 23.3 Å². The smallest absolute Gasteiger partial charge is 1.00 e. The average molecular weight is 384 g/mol. The quantitative estimate of drug-likeness (QED) is 0.316. The van der Waals surface area contributed by atoms with Crippen LogP contribution in [-0.2, 0) is 4.79 Å². The summed E-state index contributed by atoms with van der Waals surface area (Å²) in [6.07, 6.45) is 0. The number of aromatic nitrogens is 1. The van der Waals surface area contributed by atoms with Gasteiger partial charge in [0.15, 0.2) is 11.7 Å². The van der Waals surface area contributed by atoms with Crippen molar-refractivity contribution in [3.8, 4) is 22.0 Å². The number of thiophene rings is 1. The van der Waals surface area contributed by atoms with Gasteiger partial charge in [0.1, 0.15) is 11.5 Å².